The minimum absolute atomic E-state index is 0.894. The first kappa shape index (κ1) is 15.1. The quantitative estimate of drug-likeness (QED) is 0.629. The number of aryl methyl sites for hydroxylation is 2. The molecule has 0 unspecified atom stereocenters. The zero-order valence-electron chi connectivity index (χ0n) is 11.9. The molecule has 0 fully saturated rings. The molecule has 3 heteroatoms. The lowest BCUT2D eigenvalue weighted by Crippen LogP contribution is -2.20. The van der Waals surface area contributed by atoms with Crippen LogP contribution in [0.15, 0.2) is 12.4 Å². The summed E-state index contributed by atoms with van der Waals surface area (Å²) in [5.74, 6) is 0. The highest BCUT2D eigenvalue weighted by atomic mass is 15.1. The van der Waals surface area contributed by atoms with Gasteiger partial charge in [-0.15, -0.1) is 0 Å². The van der Waals surface area contributed by atoms with Crippen molar-refractivity contribution in [2.45, 2.75) is 45.4 Å². The SMILES string of the molecule is [CH2]CCc1nccnc1CCCCN(C)CCC. The van der Waals surface area contributed by atoms with Crippen molar-refractivity contribution in [2.75, 3.05) is 20.1 Å². The molecule has 0 spiro atoms. The molecule has 3 nitrogen and oxygen atoms in total. The fourth-order valence-corrected chi connectivity index (χ4v) is 2.15. The van der Waals surface area contributed by atoms with Crippen LogP contribution in [0.4, 0.5) is 0 Å². The summed E-state index contributed by atoms with van der Waals surface area (Å²) in [5.41, 5.74) is 2.30. The van der Waals surface area contributed by atoms with E-state index in [2.05, 4.69) is 35.8 Å². The summed E-state index contributed by atoms with van der Waals surface area (Å²) >= 11 is 0. The van der Waals surface area contributed by atoms with Crippen molar-refractivity contribution in [2.24, 2.45) is 0 Å². The molecule has 18 heavy (non-hydrogen) atoms. The second kappa shape index (κ2) is 9.03. The van der Waals surface area contributed by atoms with E-state index in [1.165, 1.54) is 38.0 Å². The van der Waals surface area contributed by atoms with Crippen LogP contribution in [0.3, 0.4) is 0 Å². The van der Waals surface area contributed by atoms with Crippen molar-refractivity contribution in [3.8, 4) is 0 Å². The molecule has 0 bridgehead atoms. The monoisotopic (exact) mass is 248 g/mol. The van der Waals surface area contributed by atoms with Gasteiger partial charge in [-0.3, -0.25) is 9.97 Å². The molecule has 0 aliphatic rings. The average molecular weight is 248 g/mol. The van der Waals surface area contributed by atoms with Gasteiger partial charge in [-0.2, -0.15) is 0 Å². The molecular weight excluding hydrogens is 222 g/mol. The number of hydrogen-bond acceptors (Lipinski definition) is 3. The summed E-state index contributed by atoms with van der Waals surface area (Å²) in [6.07, 6.45) is 10.1. The molecule has 0 saturated carbocycles. The van der Waals surface area contributed by atoms with Gasteiger partial charge in [-0.1, -0.05) is 13.8 Å². The number of hydrogen-bond donors (Lipinski definition) is 0. The number of unbranched alkanes of at least 4 members (excludes halogenated alkanes) is 1. The standard InChI is InChI=1S/C15H26N3/c1-4-8-14-15(17-11-10-16-14)9-6-7-13-18(3)12-5-2/h10-11H,1,4-9,12-13H2,2-3H3. The highest BCUT2D eigenvalue weighted by Gasteiger charge is 2.04. The zero-order valence-corrected chi connectivity index (χ0v) is 11.9. The van der Waals surface area contributed by atoms with Crippen LogP contribution in [0.2, 0.25) is 0 Å². The molecule has 1 heterocycles. The molecule has 0 amide bonds. The second-order valence-electron chi connectivity index (χ2n) is 4.81. The van der Waals surface area contributed by atoms with E-state index in [9.17, 15) is 0 Å². The van der Waals surface area contributed by atoms with E-state index >= 15 is 0 Å². The summed E-state index contributed by atoms with van der Waals surface area (Å²) in [6, 6.07) is 0. The molecule has 1 aromatic rings. The van der Waals surface area contributed by atoms with Gasteiger partial charge in [0.15, 0.2) is 0 Å². The second-order valence-corrected chi connectivity index (χ2v) is 4.81. The van der Waals surface area contributed by atoms with Gasteiger partial charge in [0.25, 0.3) is 0 Å². The first-order chi connectivity index (χ1) is 8.77. The van der Waals surface area contributed by atoms with Crippen LogP contribution < -0.4 is 0 Å². The average Bonchev–Trinajstić information content (AvgIpc) is 2.37. The van der Waals surface area contributed by atoms with Crippen LogP contribution in [0.5, 0.6) is 0 Å². The third-order valence-electron chi connectivity index (χ3n) is 3.08. The van der Waals surface area contributed by atoms with Gasteiger partial charge in [0.05, 0.1) is 11.4 Å². The first-order valence-electron chi connectivity index (χ1n) is 7.04. The molecule has 0 atom stereocenters. The van der Waals surface area contributed by atoms with E-state index in [-0.39, 0.29) is 0 Å². The van der Waals surface area contributed by atoms with Crippen LogP contribution in [0.1, 0.15) is 44.0 Å². The van der Waals surface area contributed by atoms with Gasteiger partial charge in [-0.05, 0) is 58.7 Å². The van der Waals surface area contributed by atoms with Crippen molar-refractivity contribution in [3.63, 3.8) is 0 Å². The highest BCUT2D eigenvalue weighted by molar-refractivity contribution is 5.11. The van der Waals surface area contributed by atoms with Gasteiger partial charge < -0.3 is 4.90 Å². The highest BCUT2D eigenvalue weighted by Crippen LogP contribution is 2.09. The summed E-state index contributed by atoms with van der Waals surface area (Å²) in [7, 11) is 2.19. The Bertz CT molecular complexity index is 325. The molecule has 1 radical (unpaired) electrons. The van der Waals surface area contributed by atoms with E-state index < -0.39 is 0 Å². The molecule has 0 saturated heterocycles. The van der Waals surface area contributed by atoms with Crippen molar-refractivity contribution in [3.05, 3.63) is 30.7 Å². The van der Waals surface area contributed by atoms with E-state index in [1.807, 2.05) is 0 Å². The van der Waals surface area contributed by atoms with Crippen molar-refractivity contribution >= 4 is 0 Å². The van der Waals surface area contributed by atoms with Gasteiger partial charge >= 0.3 is 0 Å². The van der Waals surface area contributed by atoms with Crippen molar-refractivity contribution < 1.29 is 0 Å². The maximum Gasteiger partial charge on any atom is 0.0618 e. The van der Waals surface area contributed by atoms with Crippen molar-refractivity contribution in [1.82, 2.24) is 14.9 Å². The Labute approximate surface area is 112 Å². The molecule has 101 valence electrons. The summed E-state index contributed by atoms with van der Waals surface area (Å²) in [5, 5.41) is 0. The Morgan fingerprint density at radius 3 is 2.33 bits per heavy atom. The Hall–Kier alpha value is -0.960. The lowest BCUT2D eigenvalue weighted by Gasteiger charge is -2.15. The fraction of sp³-hybridized carbons (Fsp3) is 0.667. The Morgan fingerprint density at radius 2 is 1.72 bits per heavy atom. The van der Waals surface area contributed by atoms with E-state index in [0.717, 1.165) is 25.0 Å². The number of aromatic nitrogens is 2. The van der Waals surface area contributed by atoms with Crippen LogP contribution in [0.25, 0.3) is 0 Å². The predicted molar refractivity (Wildman–Crippen MR) is 76.4 cm³/mol. The molecule has 1 rings (SSSR count). The van der Waals surface area contributed by atoms with Crippen LogP contribution in [-0.2, 0) is 12.8 Å². The lowest BCUT2D eigenvalue weighted by molar-refractivity contribution is 0.326. The van der Waals surface area contributed by atoms with Gasteiger partial charge in [0.2, 0.25) is 0 Å². The Balaban J connectivity index is 2.30. The molecule has 0 aliphatic carbocycles. The fourth-order valence-electron chi connectivity index (χ4n) is 2.15. The minimum atomic E-state index is 0.894. The topological polar surface area (TPSA) is 29.0 Å². The summed E-state index contributed by atoms with van der Waals surface area (Å²) in [6.45, 7) is 8.48. The zero-order chi connectivity index (χ0) is 13.2. The normalized spacial score (nSPS) is 11.1. The minimum Gasteiger partial charge on any atom is -0.306 e. The van der Waals surface area contributed by atoms with E-state index in [1.54, 1.807) is 12.4 Å². The molecular formula is C15H26N3. The molecule has 0 aliphatic heterocycles. The maximum atomic E-state index is 4.45. The Kier molecular flexibility index (Phi) is 7.58. The smallest absolute Gasteiger partial charge is 0.0618 e. The number of nitrogens with zero attached hydrogens (tertiary/aromatic N) is 3. The van der Waals surface area contributed by atoms with Gasteiger partial charge in [0, 0.05) is 12.4 Å². The summed E-state index contributed by atoms with van der Waals surface area (Å²) < 4.78 is 0. The van der Waals surface area contributed by atoms with Gasteiger partial charge in [0.1, 0.15) is 0 Å². The molecule has 1 aromatic heterocycles. The third kappa shape index (κ3) is 5.58. The van der Waals surface area contributed by atoms with Crippen LogP contribution >= 0.6 is 0 Å². The maximum absolute atomic E-state index is 4.45. The Morgan fingerprint density at radius 1 is 1.06 bits per heavy atom. The van der Waals surface area contributed by atoms with E-state index in [4.69, 9.17) is 0 Å². The van der Waals surface area contributed by atoms with Crippen LogP contribution in [0, 0.1) is 6.92 Å². The van der Waals surface area contributed by atoms with Crippen LogP contribution in [-0.4, -0.2) is 35.0 Å². The van der Waals surface area contributed by atoms with Gasteiger partial charge in [-0.25, -0.2) is 0 Å². The largest absolute Gasteiger partial charge is 0.306 e. The molecule has 0 aromatic carbocycles. The van der Waals surface area contributed by atoms with Crippen molar-refractivity contribution in [1.29, 1.82) is 0 Å². The first-order valence-corrected chi connectivity index (χ1v) is 7.04. The van der Waals surface area contributed by atoms with E-state index in [0.29, 0.717) is 0 Å². The predicted octanol–water partition coefficient (Wildman–Crippen LogP) is 2.91. The molecule has 0 N–H and O–H groups in total. The summed E-state index contributed by atoms with van der Waals surface area (Å²) in [4.78, 5) is 11.2. The lowest BCUT2D eigenvalue weighted by atomic mass is 10.1. The third-order valence-corrected chi connectivity index (χ3v) is 3.08. The number of rotatable bonds is 9.